The average Bonchev–Trinajstić information content (AvgIpc) is 2.62. The number of hydrogen-bond donors (Lipinski definition) is 2. The Bertz CT molecular complexity index is 466. The number of aliphatic carboxylic acids is 1. The summed E-state index contributed by atoms with van der Waals surface area (Å²) in [6.07, 6.45) is 0. The minimum absolute atomic E-state index is 0.281. The van der Waals surface area contributed by atoms with Gasteiger partial charge in [0.1, 0.15) is 12.2 Å². The molecule has 9 heteroatoms. The summed E-state index contributed by atoms with van der Waals surface area (Å²) in [5.74, 6) is -1.23. The van der Waals surface area contributed by atoms with Gasteiger partial charge in [-0.1, -0.05) is 5.16 Å². The van der Waals surface area contributed by atoms with E-state index in [2.05, 4.69) is 20.0 Å². The van der Waals surface area contributed by atoms with Crippen molar-refractivity contribution in [1.29, 1.82) is 0 Å². The summed E-state index contributed by atoms with van der Waals surface area (Å²) < 4.78 is 4.46. The molecule has 9 nitrogen and oxygen atoms in total. The van der Waals surface area contributed by atoms with Crippen LogP contribution in [0, 0.1) is 6.92 Å². The van der Waals surface area contributed by atoms with Crippen molar-refractivity contribution < 1.29 is 19.3 Å². The van der Waals surface area contributed by atoms with Gasteiger partial charge in [-0.05, 0) is 19.0 Å². The van der Waals surface area contributed by atoms with Crippen LogP contribution in [-0.4, -0.2) is 44.7 Å². The van der Waals surface area contributed by atoms with Crippen LogP contribution in [0.4, 0.5) is 4.79 Å². The maximum Gasteiger partial charge on any atom is 0.335 e. The Morgan fingerprint density at radius 2 is 2.18 bits per heavy atom. The first-order valence-electron chi connectivity index (χ1n) is 4.55. The van der Waals surface area contributed by atoms with Crippen LogP contribution in [0.25, 0.3) is 0 Å². The first kappa shape index (κ1) is 12.6. The highest BCUT2D eigenvalue weighted by atomic mass is 16.6. The third-order valence-electron chi connectivity index (χ3n) is 1.81. The van der Waals surface area contributed by atoms with Crippen molar-refractivity contribution in [1.82, 2.24) is 15.3 Å². The highest BCUT2D eigenvalue weighted by Crippen LogP contribution is 2.04. The number of nitrogens with two attached hydrogens (primary N) is 1. The van der Waals surface area contributed by atoms with Gasteiger partial charge >= 0.3 is 12.0 Å². The van der Waals surface area contributed by atoms with E-state index >= 15 is 0 Å². The topological polar surface area (TPSA) is 135 Å². The van der Waals surface area contributed by atoms with Crippen molar-refractivity contribution in [3.8, 4) is 0 Å². The van der Waals surface area contributed by atoms with Crippen LogP contribution < -0.4 is 5.73 Å². The fraction of sp³-hybridized carbons (Fsp3) is 0.375. The fourth-order valence-electron chi connectivity index (χ4n) is 1.08. The molecule has 1 heterocycles. The molecule has 0 unspecified atom stereocenters. The molecule has 92 valence electrons. The largest absolute Gasteiger partial charge is 0.480 e. The van der Waals surface area contributed by atoms with Crippen molar-refractivity contribution in [2.24, 2.45) is 10.8 Å². The molecule has 1 aromatic rings. The fourth-order valence-corrected chi connectivity index (χ4v) is 1.08. The average molecular weight is 241 g/mol. The minimum Gasteiger partial charge on any atom is -0.480 e. The number of carboxylic acid groups (broad SMARTS) is 1. The van der Waals surface area contributed by atoms with Gasteiger partial charge in [0, 0.05) is 0 Å². The van der Waals surface area contributed by atoms with E-state index in [1.807, 2.05) is 0 Å². The zero-order chi connectivity index (χ0) is 13.0. The molecule has 0 atom stereocenters. The van der Waals surface area contributed by atoms with E-state index < -0.39 is 18.5 Å². The smallest absolute Gasteiger partial charge is 0.335 e. The van der Waals surface area contributed by atoms with Gasteiger partial charge in [0.15, 0.2) is 5.69 Å². The van der Waals surface area contributed by atoms with E-state index in [9.17, 15) is 9.59 Å². The Morgan fingerprint density at radius 1 is 1.53 bits per heavy atom. The predicted molar refractivity (Wildman–Crippen MR) is 55.2 cm³/mol. The maximum absolute atomic E-state index is 10.9. The second-order valence-electron chi connectivity index (χ2n) is 3.17. The Kier molecular flexibility index (Phi) is 3.75. The zero-order valence-electron chi connectivity index (χ0n) is 9.25. The summed E-state index contributed by atoms with van der Waals surface area (Å²) in [5, 5.41) is 20.0. The molecule has 1 rings (SSSR count). The van der Waals surface area contributed by atoms with Crippen molar-refractivity contribution in [3.05, 3.63) is 11.4 Å². The monoisotopic (exact) mass is 241 g/mol. The molecular weight excluding hydrogens is 230 g/mol. The Morgan fingerprint density at radius 3 is 2.59 bits per heavy atom. The van der Waals surface area contributed by atoms with Crippen molar-refractivity contribution in [2.75, 3.05) is 6.54 Å². The molecular formula is C8H11N5O4. The van der Waals surface area contributed by atoms with E-state index in [-0.39, 0.29) is 5.71 Å². The molecule has 0 spiro atoms. The molecule has 0 saturated heterocycles. The third-order valence-corrected chi connectivity index (χ3v) is 1.81. The minimum atomic E-state index is -1.23. The molecule has 0 bridgehead atoms. The number of aromatic nitrogens is 2. The summed E-state index contributed by atoms with van der Waals surface area (Å²) in [6.45, 7) is 2.54. The second-order valence-corrected chi connectivity index (χ2v) is 3.17. The summed E-state index contributed by atoms with van der Waals surface area (Å²) in [7, 11) is 0. The highest BCUT2D eigenvalue weighted by molar-refractivity contribution is 5.98. The maximum atomic E-state index is 10.9. The number of aryl methyl sites for hydroxylation is 1. The van der Waals surface area contributed by atoms with Crippen LogP contribution in [0.1, 0.15) is 18.3 Å². The number of amides is 2. The molecule has 2 amide bonds. The van der Waals surface area contributed by atoms with Gasteiger partial charge in [-0.15, -0.1) is 0 Å². The molecule has 17 heavy (non-hydrogen) atoms. The SMILES string of the molecule is C/C(=N\N(CC(=O)O)C(N)=O)c1nonc1C. The Labute approximate surface area is 95.8 Å². The molecule has 3 N–H and O–H groups in total. The summed E-state index contributed by atoms with van der Waals surface area (Å²) in [4.78, 5) is 21.4. The Balaban J connectivity index is 2.95. The number of carboxylic acids is 1. The standard InChI is InChI=1S/C8H11N5O4/c1-4(7-5(2)11-17-12-7)10-13(8(9)16)3-6(14)15/h3H2,1-2H3,(H2,9,16)(H,14,15)/b10-4+. The molecule has 0 aliphatic heterocycles. The van der Waals surface area contributed by atoms with Gasteiger partial charge in [-0.2, -0.15) is 5.10 Å². The molecule has 0 aliphatic carbocycles. The van der Waals surface area contributed by atoms with E-state index in [0.29, 0.717) is 16.4 Å². The molecule has 0 aliphatic rings. The number of nitrogens with zero attached hydrogens (tertiary/aromatic N) is 4. The Hall–Kier alpha value is -2.45. The number of rotatable bonds is 4. The number of hydrogen-bond acceptors (Lipinski definition) is 6. The number of primary amides is 1. The van der Waals surface area contributed by atoms with E-state index in [1.54, 1.807) is 6.92 Å². The van der Waals surface area contributed by atoms with Gasteiger partial charge in [-0.3, -0.25) is 4.79 Å². The number of urea groups is 1. The zero-order valence-corrected chi connectivity index (χ0v) is 9.25. The number of carbonyl (C=O) groups is 2. The van der Waals surface area contributed by atoms with Gasteiger partial charge in [0.2, 0.25) is 0 Å². The molecule has 0 saturated carbocycles. The van der Waals surface area contributed by atoms with Gasteiger partial charge < -0.3 is 10.8 Å². The van der Waals surface area contributed by atoms with E-state index in [4.69, 9.17) is 10.8 Å². The predicted octanol–water partition coefficient (Wildman–Crippen LogP) is -0.433. The second kappa shape index (κ2) is 5.05. The van der Waals surface area contributed by atoms with Crippen LogP contribution in [0.2, 0.25) is 0 Å². The number of hydrazone groups is 1. The van der Waals surface area contributed by atoms with Crippen molar-refractivity contribution >= 4 is 17.7 Å². The van der Waals surface area contributed by atoms with Gasteiger partial charge in [0.25, 0.3) is 0 Å². The lowest BCUT2D eigenvalue weighted by Gasteiger charge is -2.12. The van der Waals surface area contributed by atoms with Crippen molar-refractivity contribution in [3.63, 3.8) is 0 Å². The lowest BCUT2D eigenvalue weighted by Crippen LogP contribution is -2.36. The first-order valence-corrected chi connectivity index (χ1v) is 4.55. The van der Waals surface area contributed by atoms with Gasteiger partial charge in [0.05, 0.1) is 5.71 Å². The first-order chi connectivity index (χ1) is 7.91. The van der Waals surface area contributed by atoms with Crippen LogP contribution >= 0.6 is 0 Å². The lowest BCUT2D eigenvalue weighted by atomic mass is 10.2. The van der Waals surface area contributed by atoms with E-state index in [1.165, 1.54) is 6.92 Å². The highest BCUT2D eigenvalue weighted by Gasteiger charge is 2.15. The lowest BCUT2D eigenvalue weighted by molar-refractivity contribution is -0.137. The van der Waals surface area contributed by atoms with Crippen LogP contribution in [-0.2, 0) is 4.79 Å². The van der Waals surface area contributed by atoms with Crippen LogP contribution in [0.3, 0.4) is 0 Å². The van der Waals surface area contributed by atoms with Crippen LogP contribution in [0.5, 0.6) is 0 Å². The summed E-state index contributed by atoms with van der Waals surface area (Å²) in [6, 6.07) is -0.971. The summed E-state index contributed by atoms with van der Waals surface area (Å²) >= 11 is 0. The van der Waals surface area contributed by atoms with E-state index in [0.717, 1.165) is 0 Å². The normalized spacial score (nSPS) is 11.3. The molecule has 1 aromatic heterocycles. The van der Waals surface area contributed by atoms with Crippen LogP contribution in [0.15, 0.2) is 9.73 Å². The summed E-state index contributed by atoms with van der Waals surface area (Å²) in [5.41, 5.74) is 6.08. The third kappa shape index (κ3) is 3.26. The quantitative estimate of drug-likeness (QED) is 0.542. The molecule has 0 aromatic carbocycles. The number of carbonyl (C=O) groups excluding carboxylic acids is 1. The van der Waals surface area contributed by atoms with Crippen molar-refractivity contribution in [2.45, 2.75) is 13.8 Å². The van der Waals surface area contributed by atoms with Gasteiger partial charge in [-0.25, -0.2) is 14.4 Å². The molecule has 0 radical (unpaired) electrons. The molecule has 0 fully saturated rings.